The van der Waals surface area contributed by atoms with Gasteiger partial charge in [-0.2, -0.15) is 0 Å². The van der Waals surface area contributed by atoms with Crippen LogP contribution in [0.4, 0.5) is 5.69 Å². The van der Waals surface area contributed by atoms with Gasteiger partial charge >= 0.3 is 0 Å². The Bertz CT molecular complexity index is 439. The fraction of sp³-hybridized carbons (Fsp3) is 0.214. The van der Waals surface area contributed by atoms with Gasteiger partial charge in [0.15, 0.2) is 0 Å². The topological polar surface area (TPSA) is 38.3 Å². The second kappa shape index (κ2) is 4.97. The summed E-state index contributed by atoms with van der Waals surface area (Å²) in [6.45, 7) is 1.88. The van der Waals surface area contributed by atoms with Crippen molar-refractivity contribution in [2.75, 3.05) is 5.48 Å². The minimum Gasteiger partial charge on any atom is -0.303 e. The summed E-state index contributed by atoms with van der Waals surface area (Å²) in [6.07, 6.45) is 8.34. The van der Waals surface area contributed by atoms with Crippen molar-refractivity contribution in [3.63, 3.8) is 0 Å². The highest BCUT2D eigenvalue weighted by Gasteiger charge is 2.33. The van der Waals surface area contributed by atoms with Gasteiger partial charge < -0.3 is 4.79 Å². The first-order valence-corrected chi connectivity index (χ1v) is 5.55. The third-order valence-corrected chi connectivity index (χ3v) is 2.83. The predicted octanol–water partition coefficient (Wildman–Crippen LogP) is 2.73. The third-order valence-electron chi connectivity index (χ3n) is 2.83. The normalized spacial score (nSPS) is 26.8. The molecule has 3 heteroatoms. The molecule has 1 aliphatic carbocycles. The number of aldehydes is 1. The molecule has 0 aromatic heterocycles. The summed E-state index contributed by atoms with van der Waals surface area (Å²) in [5.74, 6) is -0.274. The summed E-state index contributed by atoms with van der Waals surface area (Å²) in [6, 6.07) is 9.58. The summed E-state index contributed by atoms with van der Waals surface area (Å²) < 4.78 is 0. The molecule has 2 rings (SSSR count). The van der Waals surface area contributed by atoms with Crippen LogP contribution in [0.3, 0.4) is 0 Å². The van der Waals surface area contributed by atoms with Crippen molar-refractivity contribution in [3.8, 4) is 0 Å². The number of carbonyl (C=O) groups excluding carboxylic acids is 1. The third kappa shape index (κ3) is 2.63. The first-order valence-electron chi connectivity index (χ1n) is 5.55. The van der Waals surface area contributed by atoms with Crippen LogP contribution in [0.2, 0.25) is 0 Å². The molecule has 2 atom stereocenters. The van der Waals surface area contributed by atoms with Gasteiger partial charge in [0.2, 0.25) is 0 Å². The Labute approximate surface area is 101 Å². The average Bonchev–Trinajstić information content (AvgIpc) is 2.38. The van der Waals surface area contributed by atoms with Crippen molar-refractivity contribution in [1.82, 2.24) is 0 Å². The van der Waals surface area contributed by atoms with Crippen LogP contribution in [0.5, 0.6) is 0 Å². The summed E-state index contributed by atoms with van der Waals surface area (Å²) in [5.41, 5.74) is 3.09. The molecule has 17 heavy (non-hydrogen) atoms. The van der Waals surface area contributed by atoms with Gasteiger partial charge in [-0.3, -0.25) is 10.3 Å². The lowest BCUT2D eigenvalue weighted by molar-refractivity contribution is -0.115. The van der Waals surface area contributed by atoms with Crippen molar-refractivity contribution < 1.29 is 9.63 Å². The van der Waals surface area contributed by atoms with E-state index in [0.29, 0.717) is 0 Å². The maximum atomic E-state index is 11.0. The Morgan fingerprint density at radius 1 is 1.29 bits per heavy atom. The van der Waals surface area contributed by atoms with E-state index in [4.69, 9.17) is 4.84 Å². The molecular formula is C14H15NO2. The number of rotatable bonds is 4. The van der Waals surface area contributed by atoms with Crippen molar-refractivity contribution in [1.29, 1.82) is 0 Å². The Hall–Kier alpha value is -1.87. The molecule has 1 aromatic carbocycles. The van der Waals surface area contributed by atoms with Gasteiger partial charge in [0.1, 0.15) is 11.9 Å². The van der Waals surface area contributed by atoms with Gasteiger partial charge in [0, 0.05) is 0 Å². The quantitative estimate of drug-likeness (QED) is 0.637. The second-order valence-corrected chi connectivity index (χ2v) is 4.16. The molecular weight excluding hydrogens is 214 g/mol. The number of allylic oxidation sites excluding steroid dienone is 2. The number of hydrogen-bond acceptors (Lipinski definition) is 3. The molecule has 0 saturated carbocycles. The van der Waals surface area contributed by atoms with Crippen LogP contribution < -0.4 is 5.48 Å². The van der Waals surface area contributed by atoms with Crippen LogP contribution in [0.25, 0.3) is 0 Å². The molecule has 0 radical (unpaired) electrons. The summed E-state index contributed by atoms with van der Waals surface area (Å²) in [7, 11) is 0. The van der Waals surface area contributed by atoms with Crippen molar-refractivity contribution >= 4 is 12.0 Å². The number of nitrogens with one attached hydrogen (secondary N) is 1. The smallest absolute Gasteiger partial charge is 0.130 e. The van der Waals surface area contributed by atoms with Crippen LogP contribution in [0, 0.1) is 5.92 Å². The van der Waals surface area contributed by atoms with E-state index in [9.17, 15) is 4.79 Å². The molecule has 0 fully saturated rings. The molecule has 88 valence electrons. The molecule has 1 aromatic rings. The number of benzene rings is 1. The first kappa shape index (κ1) is 11.6. The van der Waals surface area contributed by atoms with Gasteiger partial charge in [-0.25, -0.2) is 0 Å². The standard InChI is InChI=1S/C14H15NO2/c1-14(10-6-5-7-12(14)11-16)17-15-13-8-3-2-4-9-13/h2-12,15H,1H3. The van der Waals surface area contributed by atoms with Crippen molar-refractivity contribution in [3.05, 3.63) is 54.6 Å². The summed E-state index contributed by atoms with van der Waals surface area (Å²) >= 11 is 0. The van der Waals surface area contributed by atoms with E-state index < -0.39 is 5.60 Å². The summed E-state index contributed by atoms with van der Waals surface area (Å²) in [4.78, 5) is 16.6. The van der Waals surface area contributed by atoms with E-state index in [1.807, 2.05) is 61.6 Å². The van der Waals surface area contributed by atoms with E-state index in [1.165, 1.54) is 0 Å². The van der Waals surface area contributed by atoms with E-state index in [-0.39, 0.29) is 5.92 Å². The van der Waals surface area contributed by atoms with E-state index in [2.05, 4.69) is 5.48 Å². The van der Waals surface area contributed by atoms with Gasteiger partial charge in [0.25, 0.3) is 0 Å². The Balaban J connectivity index is 2.05. The maximum Gasteiger partial charge on any atom is 0.130 e. The summed E-state index contributed by atoms with van der Waals surface area (Å²) in [5, 5.41) is 0. The van der Waals surface area contributed by atoms with E-state index in [1.54, 1.807) is 0 Å². The molecule has 0 aliphatic heterocycles. The second-order valence-electron chi connectivity index (χ2n) is 4.16. The van der Waals surface area contributed by atoms with Crippen molar-refractivity contribution in [2.24, 2.45) is 5.92 Å². The molecule has 0 heterocycles. The Morgan fingerprint density at radius 2 is 2.06 bits per heavy atom. The Morgan fingerprint density at radius 3 is 2.76 bits per heavy atom. The molecule has 1 aliphatic rings. The highest BCUT2D eigenvalue weighted by molar-refractivity contribution is 5.61. The molecule has 0 spiro atoms. The number of para-hydroxylation sites is 1. The monoisotopic (exact) mass is 229 g/mol. The van der Waals surface area contributed by atoms with Crippen LogP contribution >= 0.6 is 0 Å². The van der Waals surface area contributed by atoms with Crippen LogP contribution in [-0.2, 0) is 9.63 Å². The van der Waals surface area contributed by atoms with Gasteiger partial charge in [-0.05, 0) is 25.1 Å². The van der Waals surface area contributed by atoms with Crippen molar-refractivity contribution in [2.45, 2.75) is 12.5 Å². The SMILES string of the molecule is CC1(ONc2ccccc2)C=CC=CC1C=O. The van der Waals surface area contributed by atoms with Gasteiger partial charge in [0.05, 0.1) is 11.6 Å². The number of hydrogen-bond donors (Lipinski definition) is 1. The zero-order chi connectivity index (χ0) is 12.1. The molecule has 0 bridgehead atoms. The minimum absolute atomic E-state index is 0.274. The lowest BCUT2D eigenvalue weighted by Crippen LogP contribution is -2.38. The average molecular weight is 229 g/mol. The molecule has 3 nitrogen and oxygen atoms in total. The maximum absolute atomic E-state index is 11.0. The highest BCUT2D eigenvalue weighted by atomic mass is 16.7. The fourth-order valence-corrected chi connectivity index (χ4v) is 1.69. The number of carbonyl (C=O) groups is 1. The van der Waals surface area contributed by atoms with Gasteiger partial charge in [-0.15, -0.1) is 0 Å². The first-order chi connectivity index (χ1) is 8.24. The zero-order valence-corrected chi connectivity index (χ0v) is 9.67. The zero-order valence-electron chi connectivity index (χ0n) is 9.67. The lowest BCUT2D eigenvalue weighted by atomic mass is 9.86. The predicted molar refractivity (Wildman–Crippen MR) is 67.4 cm³/mol. The molecule has 1 N–H and O–H groups in total. The largest absolute Gasteiger partial charge is 0.303 e. The number of anilines is 1. The van der Waals surface area contributed by atoms with E-state index in [0.717, 1.165) is 12.0 Å². The fourth-order valence-electron chi connectivity index (χ4n) is 1.69. The van der Waals surface area contributed by atoms with Crippen LogP contribution in [0.15, 0.2) is 54.6 Å². The molecule has 0 saturated heterocycles. The lowest BCUT2D eigenvalue weighted by Gasteiger charge is -2.31. The van der Waals surface area contributed by atoms with Crippen LogP contribution in [-0.4, -0.2) is 11.9 Å². The minimum atomic E-state index is -0.646. The Kier molecular flexibility index (Phi) is 3.40. The highest BCUT2D eigenvalue weighted by Crippen LogP contribution is 2.27. The molecule has 0 amide bonds. The van der Waals surface area contributed by atoms with Gasteiger partial charge in [-0.1, -0.05) is 36.4 Å². The molecule has 2 unspecified atom stereocenters. The van der Waals surface area contributed by atoms with Crippen LogP contribution in [0.1, 0.15) is 6.92 Å². The van der Waals surface area contributed by atoms with E-state index >= 15 is 0 Å².